The van der Waals surface area contributed by atoms with Gasteiger partial charge < -0.3 is 4.74 Å². The van der Waals surface area contributed by atoms with Crippen molar-refractivity contribution >= 4 is 15.9 Å². The molecule has 0 fully saturated rings. The highest BCUT2D eigenvalue weighted by molar-refractivity contribution is 9.08. The SMILES string of the molecule is Cc1c(OC(F)(F)F)ncc(CBr)c1CC#N. The largest absolute Gasteiger partial charge is 0.574 e. The summed E-state index contributed by atoms with van der Waals surface area (Å²) in [5.74, 6) is -0.507. The number of halogens is 4. The zero-order chi connectivity index (χ0) is 13.1. The van der Waals surface area contributed by atoms with Crippen molar-refractivity contribution in [1.29, 1.82) is 5.26 Å². The third-order valence-electron chi connectivity index (χ3n) is 2.11. The molecule has 0 radical (unpaired) electrons. The van der Waals surface area contributed by atoms with E-state index in [9.17, 15) is 13.2 Å². The van der Waals surface area contributed by atoms with Gasteiger partial charge in [0, 0.05) is 17.1 Å². The summed E-state index contributed by atoms with van der Waals surface area (Å²) in [7, 11) is 0. The van der Waals surface area contributed by atoms with Crippen LogP contribution in [0.4, 0.5) is 13.2 Å². The fourth-order valence-electron chi connectivity index (χ4n) is 1.33. The van der Waals surface area contributed by atoms with Crippen LogP contribution in [0.1, 0.15) is 16.7 Å². The lowest BCUT2D eigenvalue weighted by molar-refractivity contribution is -0.276. The van der Waals surface area contributed by atoms with Gasteiger partial charge in [-0.15, -0.1) is 13.2 Å². The number of aromatic nitrogens is 1. The highest BCUT2D eigenvalue weighted by atomic mass is 79.9. The van der Waals surface area contributed by atoms with Crippen LogP contribution in [0.15, 0.2) is 6.20 Å². The second kappa shape index (κ2) is 5.36. The number of hydrogen-bond acceptors (Lipinski definition) is 3. The highest BCUT2D eigenvalue weighted by Crippen LogP contribution is 2.28. The molecule has 1 rings (SSSR count). The Bertz CT molecular complexity index is 454. The van der Waals surface area contributed by atoms with Crippen LogP contribution in [-0.2, 0) is 11.8 Å². The molecule has 0 atom stereocenters. The van der Waals surface area contributed by atoms with Gasteiger partial charge in [0.2, 0.25) is 5.88 Å². The molecule has 0 aliphatic heterocycles. The fourth-order valence-corrected chi connectivity index (χ4v) is 1.82. The smallest absolute Gasteiger partial charge is 0.388 e. The number of pyridine rings is 1. The van der Waals surface area contributed by atoms with Gasteiger partial charge in [-0.25, -0.2) is 4.98 Å². The molecule has 1 aromatic heterocycles. The van der Waals surface area contributed by atoms with Crippen LogP contribution in [0.2, 0.25) is 0 Å². The molecule has 0 saturated carbocycles. The van der Waals surface area contributed by atoms with E-state index in [1.807, 2.05) is 6.07 Å². The molecule has 17 heavy (non-hydrogen) atoms. The second-order valence-corrected chi connectivity index (χ2v) is 3.77. The minimum Gasteiger partial charge on any atom is -0.388 e. The molecule has 0 amide bonds. The van der Waals surface area contributed by atoms with Crippen molar-refractivity contribution < 1.29 is 17.9 Å². The molecule has 7 heteroatoms. The van der Waals surface area contributed by atoms with Gasteiger partial charge in [-0.05, 0) is 18.1 Å². The summed E-state index contributed by atoms with van der Waals surface area (Å²) in [6.07, 6.45) is -3.49. The summed E-state index contributed by atoms with van der Waals surface area (Å²) in [5, 5.41) is 9.06. The lowest BCUT2D eigenvalue weighted by atomic mass is 10.0. The van der Waals surface area contributed by atoms with Gasteiger partial charge >= 0.3 is 6.36 Å². The van der Waals surface area contributed by atoms with Crippen molar-refractivity contribution in [2.24, 2.45) is 0 Å². The maximum atomic E-state index is 12.1. The summed E-state index contributed by atoms with van der Waals surface area (Å²) in [4.78, 5) is 3.60. The maximum Gasteiger partial charge on any atom is 0.574 e. The third-order valence-corrected chi connectivity index (χ3v) is 2.72. The van der Waals surface area contributed by atoms with E-state index in [-0.39, 0.29) is 12.0 Å². The first-order valence-electron chi connectivity index (χ1n) is 4.55. The Kier molecular flexibility index (Phi) is 4.34. The topological polar surface area (TPSA) is 45.9 Å². The number of hydrogen-bond donors (Lipinski definition) is 0. The average molecular weight is 309 g/mol. The zero-order valence-corrected chi connectivity index (χ0v) is 10.4. The van der Waals surface area contributed by atoms with E-state index >= 15 is 0 Å². The Hall–Kier alpha value is -1.29. The standard InChI is InChI=1S/C10H8BrF3N2O/c1-6-8(2-3-15)7(4-11)5-16-9(6)17-10(12,13)14/h5H,2,4H2,1H3. The number of alkyl halides is 4. The Morgan fingerprint density at radius 3 is 2.65 bits per heavy atom. The molecule has 0 N–H and O–H groups in total. The van der Waals surface area contributed by atoms with Crippen molar-refractivity contribution in [2.45, 2.75) is 25.0 Å². The van der Waals surface area contributed by atoms with Gasteiger partial charge in [0.05, 0.1) is 12.5 Å². The Morgan fingerprint density at radius 1 is 1.53 bits per heavy atom. The highest BCUT2D eigenvalue weighted by Gasteiger charge is 2.33. The second-order valence-electron chi connectivity index (χ2n) is 3.21. The lowest BCUT2D eigenvalue weighted by Crippen LogP contribution is -2.19. The van der Waals surface area contributed by atoms with Crippen LogP contribution in [0.3, 0.4) is 0 Å². The van der Waals surface area contributed by atoms with Gasteiger partial charge in [-0.3, -0.25) is 0 Å². The molecule has 92 valence electrons. The molecule has 0 aliphatic rings. The van der Waals surface area contributed by atoms with Gasteiger partial charge in [-0.1, -0.05) is 15.9 Å². The third kappa shape index (κ3) is 3.60. The number of nitriles is 1. The summed E-state index contributed by atoms with van der Waals surface area (Å²) >= 11 is 3.19. The summed E-state index contributed by atoms with van der Waals surface area (Å²) in [5.41, 5.74) is 1.43. The molecule has 0 saturated heterocycles. The van der Waals surface area contributed by atoms with Crippen LogP contribution in [-0.4, -0.2) is 11.3 Å². The average Bonchev–Trinajstić information content (AvgIpc) is 2.23. The van der Waals surface area contributed by atoms with E-state index in [2.05, 4.69) is 25.7 Å². The molecule has 3 nitrogen and oxygen atoms in total. The summed E-state index contributed by atoms with van der Waals surface area (Å²) in [6.45, 7) is 1.45. The summed E-state index contributed by atoms with van der Waals surface area (Å²) < 4.78 is 40.0. The van der Waals surface area contributed by atoms with E-state index in [4.69, 9.17) is 5.26 Å². The predicted molar refractivity (Wildman–Crippen MR) is 57.6 cm³/mol. The zero-order valence-electron chi connectivity index (χ0n) is 8.81. The Labute approximate surface area is 104 Å². The van der Waals surface area contributed by atoms with E-state index in [1.54, 1.807) is 0 Å². The Morgan fingerprint density at radius 2 is 2.18 bits per heavy atom. The number of ether oxygens (including phenoxy) is 1. The van der Waals surface area contributed by atoms with Crippen molar-refractivity contribution in [1.82, 2.24) is 4.98 Å². The van der Waals surface area contributed by atoms with Crippen LogP contribution < -0.4 is 4.74 Å². The van der Waals surface area contributed by atoms with E-state index in [1.165, 1.54) is 13.1 Å². The maximum absolute atomic E-state index is 12.1. The predicted octanol–water partition coefficient (Wildman–Crippen LogP) is 3.25. The van der Waals surface area contributed by atoms with Crippen LogP contribution >= 0.6 is 15.9 Å². The van der Waals surface area contributed by atoms with Crippen molar-refractivity contribution in [3.8, 4) is 11.9 Å². The van der Waals surface area contributed by atoms with Crippen LogP contribution in [0.5, 0.6) is 5.88 Å². The normalized spacial score (nSPS) is 11.1. The molecule has 1 aromatic rings. The molecule has 0 unspecified atom stereocenters. The minimum atomic E-state index is -4.78. The van der Waals surface area contributed by atoms with Crippen molar-refractivity contribution in [3.05, 3.63) is 22.9 Å². The van der Waals surface area contributed by atoms with Crippen LogP contribution in [0, 0.1) is 18.3 Å². The first-order valence-corrected chi connectivity index (χ1v) is 5.67. The number of nitrogens with zero attached hydrogens (tertiary/aromatic N) is 2. The first kappa shape index (κ1) is 13.8. The summed E-state index contributed by atoms with van der Waals surface area (Å²) in [6, 6.07) is 1.90. The lowest BCUT2D eigenvalue weighted by Gasteiger charge is -2.14. The van der Waals surface area contributed by atoms with Crippen molar-refractivity contribution in [2.75, 3.05) is 0 Å². The quantitative estimate of drug-likeness (QED) is 0.805. The van der Waals surface area contributed by atoms with Crippen LogP contribution in [0.25, 0.3) is 0 Å². The molecule has 1 heterocycles. The first-order chi connectivity index (χ1) is 7.89. The molecule has 0 spiro atoms. The van der Waals surface area contributed by atoms with Crippen molar-refractivity contribution in [3.63, 3.8) is 0 Å². The molecular formula is C10H8BrF3N2O. The van der Waals surface area contributed by atoms with E-state index in [0.717, 1.165) is 0 Å². The fraction of sp³-hybridized carbons (Fsp3) is 0.400. The molecule has 0 aromatic carbocycles. The van der Waals surface area contributed by atoms with Gasteiger partial charge in [-0.2, -0.15) is 5.26 Å². The van der Waals surface area contributed by atoms with Gasteiger partial charge in [0.1, 0.15) is 0 Å². The van der Waals surface area contributed by atoms with Gasteiger partial charge in [0.25, 0.3) is 0 Å². The molecular weight excluding hydrogens is 301 g/mol. The Balaban J connectivity index is 3.19. The van der Waals surface area contributed by atoms with E-state index in [0.29, 0.717) is 16.5 Å². The molecule has 0 aliphatic carbocycles. The molecule has 0 bridgehead atoms. The monoisotopic (exact) mass is 308 g/mol. The number of rotatable bonds is 3. The van der Waals surface area contributed by atoms with Gasteiger partial charge in [0.15, 0.2) is 0 Å². The minimum absolute atomic E-state index is 0.0174. The van der Waals surface area contributed by atoms with E-state index < -0.39 is 12.2 Å².